The molecule has 1 heterocycles. The summed E-state index contributed by atoms with van der Waals surface area (Å²) in [6.45, 7) is 3.84. The third-order valence-corrected chi connectivity index (χ3v) is 5.26. The van der Waals surface area contributed by atoms with Crippen molar-refractivity contribution in [2.75, 3.05) is 12.8 Å². The predicted molar refractivity (Wildman–Crippen MR) is 83.0 cm³/mol. The van der Waals surface area contributed by atoms with Gasteiger partial charge in [0.25, 0.3) is 0 Å². The number of aromatic nitrogens is 1. The minimum atomic E-state index is -3.72. The number of hydrogen-bond acceptors (Lipinski definition) is 6. The molecule has 0 saturated carbocycles. The molecule has 0 spiro atoms. The van der Waals surface area contributed by atoms with E-state index in [4.69, 9.17) is 10.5 Å². The van der Waals surface area contributed by atoms with E-state index in [0.29, 0.717) is 10.7 Å². The first-order valence-electron chi connectivity index (χ1n) is 6.18. The fraction of sp³-hybridized carbons (Fsp3) is 0.308. The lowest BCUT2D eigenvalue weighted by atomic mass is 10.2. The van der Waals surface area contributed by atoms with Gasteiger partial charge in [0.05, 0.1) is 13.7 Å². The van der Waals surface area contributed by atoms with Crippen molar-refractivity contribution in [2.45, 2.75) is 25.3 Å². The summed E-state index contributed by atoms with van der Waals surface area (Å²) in [5, 5.41) is 0.704. The van der Waals surface area contributed by atoms with Gasteiger partial charge in [0.1, 0.15) is 15.7 Å². The zero-order chi connectivity index (χ0) is 15.6. The van der Waals surface area contributed by atoms with Gasteiger partial charge in [0.2, 0.25) is 10.0 Å². The third kappa shape index (κ3) is 3.52. The molecular formula is C13H17N3O3S2. The summed E-state index contributed by atoms with van der Waals surface area (Å²) >= 11 is 1.45. The van der Waals surface area contributed by atoms with Gasteiger partial charge in [0, 0.05) is 16.8 Å². The highest BCUT2D eigenvalue weighted by Gasteiger charge is 2.21. The van der Waals surface area contributed by atoms with Crippen LogP contribution in [0.1, 0.15) is 15.4 Å². The van der Waals surface area contributed by atoms with Crippen molar-refractivity contribution in [1.29, 1.82) is 0 Å². The fourth-order valence-corrected chi connectivity index (χ4v) is 3.75. The second-order valence-electron chi connectivity index (χ2n) is 4.55. The number of rotatable bonds is 5. The number of nitrogens with zero attached hydrogens (tertiary/aromatic N) is 1. The quantitative estimate of drug-likeness (QED) is 0.817. The molecule has 2 rings (SSSR count). The maximum atomic E-state index is 12.4. The molecule has 8 heteroatoms. The van der Waals surface area contributed by atoms with Gasteiger partial charge in [-0.15, -0.1) is 11.3 Å². The number of benzene rings is 1. The Morgan fingerprint density at radius 1 is 1.38 bits per heavy atom. The van der Waals surface area contributed by atoms with Crippen LogP contribution in [0, 0.1) is 13.8 Å². The predicted octanol–water partition coefficient (Wildman–Crippen LogP) is 1.83. The van der Waals surface area contributed by atoms with E-state index in [2.05, 4.69) is 9.71 Å². The van der Waals surface area contributed by atoms with Crippen molar-refractivity contribution in [3.05, 3.63) is 33.8 Å². The highest BCUT2D eigenvalue weighted by molar-refractivity contribution is 7.89. The van der Waals surface area contributed by atoms with Crippen LogP contribution < -0.4 is 15.2 Å². The number of sulfonamides is 1. The summed E-state index contributed by atoms with van der Waals surface area (Å²) in [4.78, 5) is 5.18. The van der Waals surface area contributed by atoms with Crippen LogP contribution in [-0.2, 0) is 16.6 Å². The van der Waals surface area contributed by atoms with E-state index >= 15 is 0 Å². The number of nitrogens with one attached hydrogen (secondary N) is 1. The van der Waals surface area contributed by atoms with Gasteiger partial charge in [-0.2, -0.15) is 0 Å². The monoisotopic (exact) mass is 327 g/mol. The summed E-state index contributed by atoms with van der Waals surface area (Å²) in [6, 6.07) is 3.01. The van der Waals surface area contributed by atoms with Gasteiger partial charge < -0.3 is 10.5 Å². The SMILES string of the molecule is COc1cc(C)c(N)cc1S(=O)(=O)NCc1ncc(C)s1. The molecule has 0 fully saturated rings. The maximum Gasteiger partial charge on any atom is 0.244 e. The molecule has 1 aromatic carbocycles. The highest BCUT2D eigenvalue weighted by atomic mass is 32.2. The second-order valence-corrected chi connectivity index (χ2v) is 7.60. The number of ether oxygens (including phenoxy) is 1. The molecule has 0 radical (unpaired) electrons. The van der Waals surface area contributed by atoms with Crippen LogP contribution in [-0.4, -0.2) is 20.5 Å². The molecule has 0 aliphatic carbocycles. The van der Waals surface area contributed by atoms with E-state index in [-0.39, 0.29) is 17.2 Å². The van der Waals surface area contributed by atoms with Crippen LogP contribution in [0.15, 0.2) is 23.2 Å². The van der Waals surface area contributed by atoms with Crippen LogP contribution in [0.5, 0.6) is 5.75 Å². The lowest BCUT2D eigenvalue weighted by Crippen LogP contribution is -2.24. The van der Waals surface area contributed by atoms with E-state index in [1.54, 1.807) is 19.2 Å². The lowest BCUT2D eigenvalue weighted by Gasteiger charge is -2.12. The molecular weight excluding hydrogens is 310 g/mol. The Kier molecular flexibility index (Phi) is 4.50. The van der Waals surface area contributed by atoms with Crippen LogP contribution in [0.25, 0.3) is 0 Å². The number of anilines is 1. The number of methoxy groups -OCH3 is 1. The average molecular weight is 327 g/mol. The number of nitrogen functional groups attached to an aromatic ring is 1. The molecule has 114 valence electrons. The molecule has 0 saturated heterocycles. The number of thiazole rings is 1. The van der Waals surface area contributed by atoms with Crippen molar-refractivity contribution in [1.82, 2.24) is 9.71 Å². The van der Waals surface area contributed by atoms with Crippen molar-refractivity contribution >= 4 is 27.0 Å². The van der Waals surface area contributed by atoms with Crippen LogP contribution >= 0.6 is 11.3 Å². The molecule has 0 aliphatic rings. The molecule has 0 atom stereocenters. The largest absolute Gasteiger partial charge is 0.495 e. The number of aryl methyl sites for hydroxylation is 2. The molecule has 0 aliphatic heterocycles. The number of hydrogen-bond donors (Lipinski definition) is 2. The normalized spacial score (nSPS) is 11.6. The molecule has 0 unspecified atom stereocenters. The summed E-state index contributed by atoms with van der Waals surface area (Å²) in [7, 11) is -2.29. The molecule has 0 bridgehead atoms. The van der Waals surface area contributed by atoms with Gasteiger partial charge >= 0.3 is 0 Å². The van der Waals surface area contributed by atoms with Gasteiger partial charge in [-0.1, -0.05) is 0 Å². The third-order valence-electron chi connectivity index (χ3n) is 2.92. The van der Waals surface area contributed by atoms with Gasteiger partial charge in [-0.25, -0.2) is 18.1 Å². The summed E-state index contributed by atoms with van der Waals surface area (Å²) in [5.41, 5.74) is 6.96. The lowest BCUT2D eigenvalue weighted by molar-refractivity contribution is 0.402. The Morgan fingerprint density at radius 2 is 2.10 bits per heavy atom. The van der Waals surface area contributed by atoms with Crippen molar-refractivity contribution in [3.63, 3.8) is 0 Å². The summed E-state index contributed by atoms with van der Waals surface area (Å²) < 4.78 is 32.4. The van der Waals surface area contributed by atoms with E-state index in [1.165, 1.54) is 24.5 Å². The number of nitrogens with two attached hydrogens (primary N) is 1. The summed E-state index contributed by atoms with van der Waals surface area (Å²) in [6.07, 6.45) is 1.71. The highest BCUT2D eigenvalue weighted by Crippen LogP contribution is 2.28. The fourth-order valence-electron chi connectivity index (χ4n) is 1.76. The van der Waals surface area contributed by atoms with E-state index in [1.807, 2.05) is 6.92 Å². The smallest absolute Gasteiger partial charge is 0.244 e. The average Bonchev–Trinajstić information content (AvgIpc) is 2.85. The second kappa shape index (κ2) is 6.00. The molecule has 2 aromatic rings. The van der Waals surface area contributed by atoms with Crippen molar-refractivity contribution in [3.8, 4) is 5.75 Å². The Balaban J connectivity index is 2.28. The zero-order valence-electron chi connectivity index (χ0n) is 12.0. The first kappa shape index (κ1) is 15.7. The van der Waals surface area contributed by atoms with Crippen molar-refractivity contribution < 1.29 is 13.2 Å². The van der Waals surface area contributed by atoms with E-state index < -0.39 is 10.0 Å². The maximum absolute atomic E-state index is 12.4. The van der Waals surface area contributed by atoms with Crippen molar-refractivity contribution in [2.24, 2.45) is 0 Å². The minimum absolute atomic E-state index is 0.0291. The zero-order valence-corrected chi connectivity index (χ0v) is 13.6. The Bertz CT molecular complexity index is 754. The Morgan fingerprint density at radius 3 is 2.67 bits per heavy atom. The Labute approximate surface area is 128 Å². The minimum Gasteiger partial charge on any atom is -0.495 e. The summed E-state index contributed by atoms with van der Waals surface area (Å²) in [5.74, 6) is 0.268. The molecule has 3 N–H and O–H groups in total. The van der Waals surface area contributed by atoms with Gasteiger partial charge in [-0.3, -0.25) is 0 Å². The van der Waals surface area contributed by atoms with Crippen LogP contribution in [0.3, 0.4) is 0 Å². The van der Waals surface area contributed by atoms with E-state index in [9.17, 15) is 8.42 Å². The van der Waals surface area contributed by atoms with Crippen LogP contribution in [0.4, 0.5) is 5.69 Å². The van der Waals surface area contributed by atoms with Gasteiger partial charge in [0.15, 0.2) is 0 Å². The molecule has 0 amide bonds. The van der Waals surface area contributed by atoms with Gasteiger partial charge in [-0.05, 0) is 31.5 Å². The molecule has 1 aromatic heterocycles. The standard InChI is InChI=1S/C13H17N3O3S2/c1-8-4-11(19-3)12(5-10(8)14)21(17,18)16-7-13-15-6-9(2)20-13/h4-6,16H,7,14H2,1-3H3. The molecule has 21 heavy (non-hydrogen) atoms. The van der Waals surface area contributed by atoms with Crippen LogP contribution in [0.2, 0.25) is 0 Å². The van der Waals surface area contributed by atoms with E-state index in [0.717, 1.165) is 10.4 Å². The Hall–Kier alpha value is -1.64. The topological polar surface area (TPSA) is 94.3 Å². The first-order valence-corrected chi connectivity index (χ1v) is 8.48. The first-order chi connectivity index (χ1) is 9.83. The molecule has 6 nitrogen and oxygen atoms in total.